The fourth-order valence-corrected chi connectivity index (χ4v) is 3.65. The lowest BCUT2D eigenvalue weighted by Gasteiger charge is -2.29. The predicted molar refractivity (Wildman–Crippen MR) is 124 cm³/mol. The maximum absolute atomic E-state index is 12.2. The number of esters is 1. The minimum atomic E-state index is -0.489. The number of aromatic nitrogens is 1. The van der Waals surface area contributed by atoms with Gasteiger partial charge >= 0.3 is 5.97 Å². The summed E-state index contributed by atoms with van der Waals surface area (Å²) in [5.41, 5.74) is 1.71. The van der Waals surface area contributed by atoms with Crippen LogP contribution >= 0.6 is 0 Å². The molecule has 2 aromatic rings. The average molecular weight is 444 g/mol. The number of carbonyl (C=O) groups is 2. The van der Waals surface area contributed by atoms with E-state index in [1.807, 2.05) is 39.8 Å². The van der Waals surface area contributed by atoms with Crippen molar-refractivity contribution in [1.82, 2.24) is 4.98 Å². The minimum absolute atomic E-state index is 0.0469. The van der Waals surface area contributed by atoms with Crippen LogP contribution in [0.4, 0.5) is 0 Å². The largest absolute Gasteiger partial charge is 0.486 e. The number of oxazole rings is 1. The molecule has 0 aliphatic heterocycles. The molecular weight excluding hydrogens is 406 g/mol. The van der Waals surface area contributed by atoms with E-state index < -0.39 is 16.7 Å². The Morgan fingerprint density at radius 1 is 1.12 bits per heavy atom. The summed E-state index contributed by atoms with van der Waals surface area (Å²) in [6.45, 7) is 15.8. The summed E-state index contributed by atoms with van der Waals surface area (Å²) in [5.74, 6) is 0.534. The maximum atomic E-state index is 12.2. The number of carbonyl (C=O) groups excluding carboxylic acids is 2. The first-order valence-corrected chi connectivity index (χ1v) is 11.4. The van der Waals surface area contributed by atoms with Crippen LogP contribution in [0.5, 0.6) is 5.75 Å². The molecule has 0 spiro atoms. The Labute approximate surface area is 191 Å². The topological polar surface area (TPSA) is 78.6 Å². The second kappa shape index (κ2) is 10.3. The van der Waals surface area contributed by atoms with Crippen LogP contribution in [0.15, 0.2) is 28.9 Å². The van der Waals surface area contributed by atoms with E-state index in [2.05, 4.69) is 19.9 Å². The Morgan fingerprint density at radius 3 is 2.31 bits per heavy atom. The number of aryl methyl sites for hydroxylation is 1. The first kappa shape index (κ1) is 25.6. The molecule has 1 atom stereocenters. The highest BCUT2D eigenvalue weighted by atomic mass is 16.5. The first-order chi connectivity index (χ1) is 15.0. The number of rotatable bonds is 10. The van der Waals surface area contributed by atoms with Gasteiger partial charge < -0.3 is 13.9 Å². The van der Waals surface area contributed by atoms with Crippen LogP contribution < -0.4 is 4.74 Å². The van der Waals surface area contributed by atoms with E-state index in [1.54, 1.807) is 20.1 Å². The molecule has 0 bridgehead atoms. The monoisotopic (exact) mass is 443 g/mol. The van der Waals surface area contributed by atoms with E-state index in [9.17, 15) is 9.59 Å². The van der Waals surface area contributed by atoms with Crippen molar-refractivity contribution in [1.29, 1.82) is 0 Å². The van der Waals surface area contributed by atoms with E-state index in [0.717, 1.165) is 24.0 Å². The van der Waals surface area contributed by atoms with Crippen molar-refractivity contribution in [3.8, 4) is 5.75 Å². The van der Waals surface area contributed by atoms with Crippen molar-refractivity contribution in [3.05, 3.63) is 47.2 Å². The van der Waals surface area contributed by atoms with Gasteiger partial charge in [-0.05, 0) is 50.8 Å². The highest BCUT2D eigenvalue weighted by molar-refractivity contribution is 5.85. The van der Waals surface area contributed by atoms with E-state index in [4.69, 9.17) is 18.9 Å². The fraction of sp³-hybridized carbons (Fsp3) is 0.577. The van der Waals surface area contributed by atoms with Crippen molar-refractivity contribution in [3.63, 3.8) is 0 Å². The maximum Gasteiger partial charge on any atom is 0.314 e. The number of hydrogen-bond acceptors (Lipinski definition) is 6. The molecule has 176 valence electrons. The Hall–Kier alpha value is -2.63. The van der Waals surface area contributed by atoms with Gasteiger partial charge in [0.25, 0.3) is 0 Å². The van der Waals surface area contributed by atoms with Crippen molar-refractivity contribution in [2.24, 2.45) is 5.41 Å². The quantitative estimate of drug-likeness (QED) is 0.435. The zero-order chi connectivity index (χ0) is 24.1. The fourth-order valence-electron chi connectivity index (χ4n) is 3.65. The van der Waals surface area contributed by atoms with Crippen LogP contribution in [0.3, 0.4) is 0 Å². The normalized spacial score (nSPS) is 13.0. The number of Topliss-reactive ketones (excluding diaryl/α,β-unsaturated/α-hetero) is 1. The summed E-state index contributed by atoms with van der Waals surface area (Å²) in [4.78, 5) is 29.0. The van der Waals surface area contributed by atoms with Gasteiger partial charge in [0.15, 0.2) is 5.78 Å². The average Bonchev–Trinajstić information content (AvgIpc) is 3.23. The molecule has 0 N–H and O–H groups in total. The summed E-state index contributed by atoms with van der Waals surface area (Å²) in [6, 6.07) is 5.99. The smallest absolute Gasteiger partial charge is 0.314 e. The molecule has 0 amide bonds. The summed E-state index contributed by atoms with van der Waals surface area (Å²) in [5, 5.41) is 0. The molecule has 0 fully saturated rings. The van der Waals surface area contributed by atoms with E-state index in [-0.39, 0.29) is 18.4 Å². The standard InChI is InChI=1S/C26H37NO5/c1-9-26(10-2,24-27-20(15-32-24)18(5)23(29)30-11-3)19-12-13-21(17(4)14-19)31-16-22(28)25(6,7)8/h12-15,18H,9-11,16H2,1-8H3. The third-order valence-corrected chi connectivity index (χ3v) is 6.15. The molecule has 6 heteroatoms. The highest BCUT2D eigenvalue weighted by Gasteiger charge is 2.37. The van der Waals surface area contributed by atoms with Gasteiger partial charge in [0.2, 0.25) is 5.89 Å². The van der Waals surface area contributed by atoms with Gasteiger partial charge in [-0.25, -0.2) is 4.98 Å². The molecule has 0 aliphatic carbocycles. The SMILES string of the molecule is CCOC(=O)C(C)c1coc(C(CC)(CC)c2ccc(OCC(=O)C(C)(C)C)c(C)c2)n1. The predicted octanol–water partition coefficient (Wildman–Crippen LogP) is 5.75. The van der Waals surface area contributed by atoms with Gasteiger partial charge in [0.05, 0.1) is 23.6 Å². The Balaban J connectivity index is 2.33. The minimum Gasteiger partial charge on any atom is -0.486 e. The van der Waals surface area contributed by atoms with Crippen LogP contribution in [0, 0.1) is 12.3 Å². The molecule has 32 heavy (non-hydrogen) atoms. The number of ketones is 1. The summed E-state index contributed by atoms with van der Waals surface area (Å²) in [6.07, 6.45) is 3.11. The van der Waals surface area contributed by atoms with Gasteiger partial charge in [-0.15, -0.1) is 0 Å². The van der Waals surface area contributed by atoms with E-state index in [0.29, 0.717) is 23.9 Å². The number of ether oxygens (including phenoxy) is 2. The summed E-state index contributed by atoms with van der Waals surface area (Å²) in [7, 11) is 0. The molecule has 1 aromatic heterocycles. The molecule has 6 nitrogen and oxygen atoms in total. The molecule has 0 saturated heterocycles. The third kappa shape index (κ3) is 5.40. The van der Waals surface area contributed by atoms with Gasteiger partial charge in [-0.1, -0.05) is 46.8 Å². The Kier molecular flexibility index (Phi) is 8.27. The van der Waals surface area contributed by atoms with Crippen molar-refractivity contribution in [2.75, 3.05) is 13.2 Å². The van der Waals surface area contributed by atoms with E-state index >= 15 is 0 Å². The highest BCUT2D eigenvalue weighted by Crippen LogP contribution is 2.40. The molecule has 1 aromatic carbocycles. The second-order valence-electron chi connectivity index (χ2n) is 9.28. The molecule has 1 heterocycles. The molecular formula is C26H37NO5. The lowest BCUT2D eigenvalue weighted by atomic mass is 9.75. The number of hydrogen-bond donors (Lipinski definition) is 0. The molecule has 0 saturated carbocycles. The molecule has 1 unspecified atom stereocenters. The van der Waals surface area contributed by atoms with E-state index in [1.165, 1.54) is 0 Å². The van der Waals surface area contributed by atoms with Crippen molar-refractivity contribution < 1.29 is 23.5 Å². The third-order valence-electron chi connectivity index (χ3n) is 6.15. The van der Waals surface area contributed by atoms with Gasteiger partial charge in [0.1, 0.15) is 18.6 Å². The lowest BCUT2D eigenvalue weighted by Crippen LogP contribution is -2.27. The molecule has 0 radical (unpaired) electrons. The van der Waals surface area contributed by atoms with Crippen LogP contribution in [0.1, 0.15) is 89.9 Å². The van der Waals surface area contributed by atoms with Crippen LogP contribution in [-0.2, 0) is 19.7 Å². The zero-order valence-corrected chi connectivity index (χ0v) is 20.7. The number of benzene rings is 1. The van der Waals surface area contributed by atoms with Crippen molar-refractivity contribution in [2.45, 2.75) is 79.6 Å². The summed E-state index contributed by atoms with van der Waals surface area (Å²) >= 11 is 0. The van der Waals surface area contributed by atoms with Crippen molar-refractivity contribution >= 4 is 11.8 Å². The first-order valence-electron chi connectivity index (χ1n) is 11.4. The Morgan fingerprint density at radius 2 is 1.78 bits per heavy atom. The summed E-state index contributed by atoms with van der Waals surface area (Å²) < 4.78 is 16.8. The van der Waals surface area contributed by atoms with Gasteiger partial charge in [-0.3, -0.25) is 9.59 Å². The molecule has 0 aliphatic rings. The van der Waals surface area contributed by atoms with Gasteiger partial charge in [-0.2, -0.15) is 0 Å². The number of nitrogens with zero attached hydrogens (tertiary/aromatic N) is 1. The second-order valence-corrected chi connectivity index (χ2v) is 9.28. The zero-order valence-electron chi connectivity index (χ0n) is 20.7. The van der Waals surface area contributed by atoms with Crippen LogP contribution in [0.25, 0.3) is 0 Å². The lowest BCUT2D eigenvalue weighted by molar-refractivity contribution is -0.144. The molecule has 2 rings (SSSR count). The van der Waals surface area contributed by atoms with Crippen LogP contribution in [0.2, 0.25) is 0 Å². The van der Waals surface area contributed by atoms with Gasteiger partial charge in [0, 0.05) is 5.41 Å². The Bertz CT molecular complexity index is 934. The van der Waals surface area contributed by atoms with Crippen LogP contribution in [-0.4, -0.2) is 30.0 Å².